The van der Waals surface area contributed by atoms with Crippen molar-refractivity contribution in [3.05, 3.63) is 29.0 Å². The molecule has 5 nitrogen and oxygen atoms in total. The van der Waals surface area contributed by atoms with Crippen LogP contribution in [-0.2, 0) is 10.2 Å². The molecule has 8 heteroatoms. The van der Waals surface area contributed by atoms with E-state index in [1.807, 2.05) is 0 Å². The molecule has 1 unspecified atom stereocenters. The molecular formula is C12H16ClFN2O3S. The average molecular weight is 323 g/mol. The van der Waals surface area contributed by atoms with Crippen LogP contribution < -0.4 is 4.72 Å². The molecule has 0 radical (unpaired) electrons. The van der Waals surface area contributed by atoms with Crippen molar-refractivity contribution in [1.82, 2.24) is 4.31 Å². The van der Waals surface area contributed by atoms with E-state index in [9.17, 15) is 12.8 Å². The Morgan fingerprint density at radius 3 is 2.90 bits per heavy atom. The smallest absolute Gasteiger partial charge is 0.301 e. The number of nitrogens with one attached hydrogen (secondary N) is 1. The molecule has 1 fully saturated rings. The molecule has 112 valence electrons. The standard InChI is InChI=1S/C12H16ClFN2O3S/c13-11-6-10(3-4-12(11)14)15-20(18,19)16-5-1-2-9(7-16)8-17/h3-4,6,9,15,17H,1-2,5,7-8H2. The Balaban J connectivity index is 2.12. The van der Waals surface area contributed by atoms with Crippen molar-refractivity contribution in [2.75, 3.05) is 24.4 Å². The van der Waals surface area contributed by atoms with Crippen molar-refractivity contribution >= 4 is 27.5 Å². The van der Waals surface area contributed by atoms with E-state index in [1.165, 1.54) is 16.4 Å². The van der Waals surface area contributed by atoms with Crippen molar-refractivity contribution in [2.45, 2.75) is 12.8 Å². The number of rotatable bonds is 4. The van der Waals surface area contributed by atoms with Gasteiger partial charge in [0.2, 0.25) is 0 Å². The zero-order valence-electron chi connectivity index (χ0n) is 10.7. The average Bonchev–Trinajstić information content (AvgIpc) is 2.43. The molecule has 1 aromatic carbocycles. The molecule has 0 amide bonds. The summed E-state index contributed by atoms with van der Waals surface area (Å²) in [6.07, 6.45) is 1.52. The Labute approximate surface area is 122 Å². The van der Waals surface area contributed by atoms with Gasteiger partial charge in [0.15, 0.2) is 0 Å². The summed E-state index contributed by atoms with van der Waals surface area (Å²) in [6.45, 7) is 0.649. The van der Waals surface area contributed by atoms with E-state index in [0.717, 1.165) is 12.5 Å². The third kappa shape index (κ3) is 3.60. The van der Waals surface area contributed by atoms with Crippen molar-refractivity contribution in [3.63, 3.8) is 0 Å². The van der Waals surface area contributed by atoms with E-state index in [0.29, 0.717) is 13.0 Å². The number of benzene rings is 1. The third-order valence-electron chi connectivity index (χ3n) is 3.25. The van der Waals surface area contributed by atoms with Crippen LogP contribution in [0.2, 0.25) is 5.02 Å². The fourth-order valence-corrected chi connectivity index (χ4v) is 3.68. The first-order valence-corrected chi connectivity index (χ1v) is 8.08. The molecule has 2 rings (SSSR count). The maximum Gasteiger partial charge on any atom is 0.301 e. The van der Waals surface area contributed by atoms with E-state index in [2.05, 4.69) is 4.72 Å². The van der Waals surface area contributed by atoms with Gasteiger partial charge in [0.1, 0.15) is 5.82 Å². The largest absolute Gasteiger partial charge is 0.396 e. The molecule has 0 saturated carbocycles. The van der Waals surface area contributed by atoms with E-state index in [1.54, 1.807) is 0 Å². The third-order valence-corrected chi connectivity index (χ3v) is 5.04. The zero-order valence-corrected chi connectivity index (χ0v) is 12.3. The van der Waals surface area contributed by atoms with Crippen LogP contribution in [-0.4, -0.2) is 37.5 Å². The summed E-state index contributed by atoms with van der Waals surface area (Å²) in [7, 11) is -3.72. The highest BCUT2D eigenvalue weighted by atomic mass is 35.5. The van der Waals surface area contributed by atoms with Crippen LogP contribution in [0.4, 0.5) is 10.1 Å². The number of aliphatic hydroxyl groups excluding tert-OH is 1. The molecule has 0 aromatic heterocycles. The molecule has 0 spiro atoms. The Morgan fingerprint density at radius 2 is 2.25 bits per heavy atom. The summed E-state index contributed by atoms with van der Waals surface area (Å²) in [5, 5.41) is 8.99. The minimum atomic E-state index is -3.72. The van der Waals surface area contributed by atoms with Gasteiger partial charge in [-0.15, -0.1) is 0 Å². The van der Waals surface area contributed by atoms with Crippen molar-refractivity contribution < 1.29 is 17.9 Å². The first kappa shape index (κ1) is 15.5. The van der Waals surface area contributed by atoms with Gasteiger partial charge in [-0.25, -0.2) is 4.39 Å². The van der Waals surface area contributed by atoms with Crippen LogP contribution in [0.15, 0.2) is 18.2 Å². The van der Waals surface area contributed by atoms with Gasteiger partial charge in [0.25, 0.3) is 0 Å². The van der Waals surface area contributed by atoms with E-state index in [-0.39, 0.29) is 29.8 Å². The van der Waals surface area contributed by atoms with Gasteiger partial charge in [-0.1, -0.05) is 11.6 Å². The normalized spacial score (nSPS) is 20.9. The number of nitrogens with zero attached hydrogens (tertiary/aromatic N) is 1. The lowest BCUT2D eigenvalue weighted by Crippen LogP contribution is -2.43. The predicted octanol–water partition coefficient (Wildman–Crippen LogP) is 1.84. The molecule has 1 heterocycles. The molecule has 1 aromatic rings. The highest BCUT2D eigenvalue weighted by Crippen LogP contribution is 2.23. The van der Waals surface area contributed by atoms with Gasteiger partial charge in [-0.2, -0.15) is 12.7 Å². The lowest BCUT2D eigenvalue weighted by Gasteiger charge is -2.31. The number of hydrogen-bond acceptors (Lipinski definition) is 3. The number of piperidine rings is 1. The fraction of sp³-hybridized carbons (Fsp3) is 0.500. The minimum absolute atomic E-state index is 0.0333. The van der Waals surface area contributed by atoms with Crippen LogP contribution in [0.1, 0.15) is 12.8 Å². The maximum absolute atomic E-state index is 13.0. The van der Waals surface area contributed by atoms with Crippen LogP contribution in [0.3, 0.4) is 0 Å². The molecule has 1 aliphatic rings. The molecule has 20 heavy (non-hydrogen) atoms. The molecule has 2 N–H and O–H groups in total. The first-order valence-electron chi connectivity index (χ1n) is 6.26. The van der Waals surface area contributed by atoms with Gasteiger partial charge >= 0.3 is 10.2 Å². The SMILES string of the molecule is O=S(=O)(Nc1ccc(F)c(Cl)c1)N1CCCC(CO)C1. The second kappa shape index (κ2) is 6.26. The topological polar surface area (TPSA) is 69.6 Å². The Hall–Kier alpha value is -0.890. The van der Waals surface area contributed by atoms with Crippen molar-refractivity contribution in [2.24, 2.45) is 5.92 Å². The molecule has 0 bridgehead atoms. The number of aliphatic hydroxyl groups is 1. The van der Waals surface area contributed by atoms with E-state index < -0.39 is 16.0 Å². The molecule has 1 aliphatic heterocycles. The van der Waals surface area contributed by atoms with Gasteiger partial charge < -0.3 is 5.11 Å². The van der Waals surface area contributed by atoms with E-state index >= 15 is 0 Å². The zero-order chi connectivity index (χ0) is 14.8. The summed E-state index contributed by atoms with van der Waals surface area (Å²) < 4.78 is 41.1. The van der Waals surface area contributed by atoms with Gasteiger partial charge in [0, 0.05) is 19.7 Å². The molecule has 0 aliphatic carbocycles. The minimum Gasteiger partial charge on any atom is -0.396 e. The second-order valence-corrected chi connectivity index (χ2v) is 6.86. The van der Waals surface area contributed by atoms with Crippen molar-refractivity contribution in [1.29, 1.82) is 0 Å². The van der Waals surface area contributed by atoms with Gasteiger partial charge in [-0.05, 0) is 37.0 Å². The molecular weight excluding hydrogens is 307 g/mol. The number of halogens is 2. The maximum atomic E-state index is 13.0. The second-order valence-electron chi connectivity index (χ2n) is 4.78. The summed E-state index contributed by atoms with van der Waals surface area (Å²) in [5.74, 6) is -0.648. The predicted molar refractivity (Wildman–Crippen MR) is 75.3 cm³/mol. The van der Waals surface area contributed by atoms with Crippen molar-refractivity contribution in [3.8, 4) is 0 Å². The van der Waals surface area contributed by atoms with Crippen LogP contribution in [0.5, 0.6) is 0 Å². The Kier molecular flexibility index (Phi) is 4.85. The van der Waals surface area contributed by atoms with Crippen LogP contribution in [0.25, 0.3) is 0 Å². The fourth-order valence-electron chi connectivity index (χ4n) is 2.17. The highest BCUT2D eigenvalue weighted by molar-refractivity contribution is 7.90. The Morgan fingerprint density at radius 1 is 1.50 bits per heavy atom. The van der Waals surface area contributed by atoms with Crippen LogP contribution in [0, 0.1) is 11.7 Å². The quantitative estimate of drug-likeness (QED) is 0.888. The number of hydrogen-bond donors (Lipinski definition) is 2. The number of anilines is 1. The summed E-state index contributed by atoms with van der Waals surface area (Å²) in [4.78, 5) is 0. The monoisotopic (exact) mass is 322 g/mol. The summed E-state index contributed by atoms with van der Waals surface area (Å²) in [6, 6.07) is 3.64. The van der Waals surface area contributed by atoms with Gasteiger partial charge in [-0.3, -0.25) is 4.72 Å². The summed E-state index contributed by atoms with van der Waals surface area (Å²) in [5.41, 5.74) is 0.211. The van der Waals surface area contributed by atoms with Crippen LogP contribution >= 0.6 is 11.6 Å². The highest BCUT2D eigenvalue weighted by Gasteiger charge is 2.28. The van der Waals surface area contributed by atoms with Gasteiger partial charge in [0.05, 0.1) is 10.7 Å². The molecule has 1 saturated heterocycles. The lowest BCUT2D eigenvalue weighted by atomic mass is 10.0. The van der Waals surface area contributed by atoms with E-state index in [4.69, 9.17) is 16.7 Å². The molecule has 1 atom stereocenters. The summed E-state index contributed by atoms with van der Waals surface area (Å²) >= 11 is 5.62. The first-order chi connectivity index (χ1) is 9.42. The Bertz CT molecular complexity index is 582. The lowest BCUT2D eigenvalue weighted by molar-refractivity contribution is 0.166.